The van der Waals surface area contributed by atoms with Crippen molar-refractivity contribution < 1.29 is 24.2 Å². The Morgan fingerprint density at radius 2 is 1.52 bits per heavy atom. The Bertz CT molecular complexity index is 792. The molecule has 29 heavy (non-hydrogen) atoms. The number of benzene rings is 2. The average Bonchev–Trinajstić information content (AvgIpc) is 3.08. The molecule has 2 aromatic rings. The first-order valence-electron chi connectivity index (χ1n) is 9.72. The van der Waals surface area contributed by atoms with Gasteiger partial charge in [0.15, 0.2) is 6.10 Å². The molecule has 1 N–H and O–H groups in total. The quantitative estimate of drug-likeness (QED) is 0.797. The summed E-state index contributed by atoms with van der Waals surface area (Å²) in [4.78, 5) is 26.8. The van der Waals surface area contributed by atoms with E-state index in [9.17, 15) is 14.7 Å². The summed E-state index contributed by atoms with van der Waals surface area (Å²) in [5, 5.41) is 10.1. The molecule has 6 heteroatoms. The van der Waals surface area contributed by atoms with Crippen LogP contribution in [0.5, 0.6) is 0 Å². The van der Waals surface area contributed by atoms with E-state index in [1.54, 1.807) is 20.8 Å². The molecule has 1 amide bonds. The number of amides is 1. The Hall–Kier alpha value is -2.86. The highest BCUT2D eigenvalue weighted by atomic mass is 16.6. The molecule has 1 fully saturated rings. The lowest BCUT2D eigenvalue weighted by atomic mass is 10.0. The number of β-amino-alcohol motifs (C(OH)–C–C–N with tert-alkyl or cyclic N) is 1. The molecule has 1 heterocycles. The number of carbonyl (C=O) groups excluding carboxylic acids is 2. The summed E-state index contributed by atoms with van der Waals surface area (Å²) < 4.78 is 11.3. The SMILES string of the molecule is CC(C)(C)OC(=O)N1C[C@H](O)C[C@H]1C(=O)OC(c1ccccc1)c1ccccc1. The number of carbonyl (C=O) groups is 2. The number of rotatable bonds is 4. The van der Waals surface area contributed by atoms with E-state index in [2.05, 4.69) is 0 Å². The van der Waals surface area contributed by atoms with Crippen LogP contribution in [0.2, 0.25) is 0 Å². The van der Waals surface area contributed by atoms with E-state index in [1.165, 1.54) is 4.90 Å². The summed E-state index contributed by atoms with van der Waals surface area (Å²) in [5.74, 6) is -0.565. The van der Waals surface area contributed by atoms with Crippen molar-refractivity contribution in [2.75, 3.05) is 6.54 Å². The van der Waals surface area contributed by atoms with Crippen molar-refractivity contribution >= 4 is 12.1 Å². The maximum Gasteiger partial charge on any atom is 0.411 e. The monoisotopic (exact) mass is 397 g/mol. The van der Waals surface area contributed by atoms with Crippen molar-refractivity contribution in [1.82, 2.24) is 4.90 Å². The van der Waals surface area contributed by atoms with E-state index in [1.807, 2.05) is 60.7 Å². The minimum atomic E-state index is -0.894. The summed E-state index contributed by atoms with van der Waals surface area (Å²) in [6, 6.07) is 18.0. The minimum Gasteiger partial charge on any atom is -0.451 e. The van der Waals surface area contributed by atoms with Gasteiger partial charge in [0, 0.05) is 6.42 Å². The van der Waals surface area contributed by atoms with Gasteiger partial charge in [0.25, 0.3) is 0 Å². The second kappa shape index (κ2) is 8.66. The van der Waals surface area contributed by atoms with Gasteiger partial charge in [-0.3, -0.25) is 4.90 Å². The van der Waals surface area contributed by atoms with Crippen LogP contribution >= 0.6 is 0 Å². The van der Waals surface area contributed by atoms with Gasteiger partial charge < -0.3 is 14.6 Å². The summed E-state index contributed by atoms with van der Waals surface area (Å²) in [6.45, 7) is 5.30. The highest BCUT2D eigenvalue weighted by Crippen LogP contribution is 2.29. The van der Waals surface area contributed by atoms with Crippen LogP contribution in [0, 0.1) is 0 Å². The van der Waals surface area contributed by atoms with E-state index < -0.39 is 35.9 Å². The smallest absolute Gasteiger partial charge is 0.411 e. The third-order valence-corrected chi connectivity index (χ3v) is 4.62. The van der Waals surface area contributed by atoms with Crippen LogP contribution in [0.1, 0.15) is 44.4 Å². The molecule has 1 aliphatic rings. The van der Waals surface area contributed by atoms with Crippen molar-refractivity contribution in [1.29, 1.82) is 0 Å². The fourth-order valence-electron chi connectivity index (χ4n) is 3.34. The maximum absolute atomic E-state index is 13.0. The molecule has 3 rings (SSSR count). The van der Waals surface area contributed by atoms with Gasteiger partial charge >= 0.3 is 12.1 Å². The first-order valence-corrected chi connectivity index (χ1v) is 9.72. The van der Waals surface area contributed by atoms with Gasteiger partial charge in [-0.1, -0.05) is 60.7 Å². The van der Waals surface area contributed by atoms with Gasteiger partial charge in [0.2, 0.25) is 0 Å². The number of nitrogens with zero attached hydrogens (tertiary/aromatic N) is 1. The van der Waals surface area contributed by atoms with Gasteiger partial charge in [-0.25, -0.2) is 9.59 Å². The standard InChI is InChI=1S/C23H27NO5/c1-23(2,3)29-22(27)24-15-18(25)14-19(24)21(26)28-20(16-10-6-4-7-11-16)17-12-8-5-9-13-17/h4-13,18-20,25H,14-15H2,1-3H3/t18-,19+/m1/s1. The van der Waals surface area contributed by atoms with Crippen LogP contribution in [0.3, 0.4) is 0 Å². The molecule has 0 aromatic heterocycles. The molecule has 0 unspecified atom stereocenters. The van der Waals surface area contributed by atoms with E-state index in [0.717, 1.165) is 11.1 Å². The number of likely N-dealkylation sites (tertiary alicyclic amines) is 1. The molecule has 0 spiro atoms. The van der Waals surface area contributed by atoms with Gasteiger partial charge in [-0.15, -0.1) is 0 Å². The Morgan fingerprint density at radius 1 is 1.00 bits per heavy atom. The maximum atomic E-state index is 13.0. The molecule has 2 atom stereocenters. The van der Waals surface area contributed by atoms with Crippen LogP contribution < -0.4 is 0 Å². The second-order valence-electron chi connectivity index (χ2n) is 8.18. The Labute approximate surface area is 171 Å². The van der Waals surface area contributed by atoms with Gasteiger partial charge in [0.05, 0.1) is 12.6 Å². The Kier molecular flexibility index (Phi) is 6.23. The highest BCUT2D eigenvalue weighted by molar-refractivity contribution is 5.82. The predicted molar refractivity (Wildman–Crippen MR) is 108 cm³/mol. The molecule has 1 saturated heterocycles. The molecule has 154 valence electrons. The third kappa shape index (κ3) is 5.35. The average molecular weight is 397 g/mol. The van der Waals surface area contributed by atoms with Crippen molar-refractivity contribution in [3.05, 3.63) is 71.8 Å². The number of esters is 1. The molecule has 0 aliphatic carbocycles. The fourth-order valence-corrected chi connectivity index (χ4v) is 3.34. The lowest BCUT2D eigenvalue weighted by Gasteiger charge is -2.28. The Balaban J connectivity index is 1.82. The number of aliphatic hydroxyl groups is 1. The van der Waals surface area contributed by atoms with Crippen molar-refractivity contribution in [2.45, 2.75) is 51.0 Å². The second-order valence-corrected chi connectivity index (χ2v) is 8.18. The number of aliphatic hydroxyl groups excluding tert-OH is 1. The molecule has 2 aromatic carbocycles. The summed E-state index contributed by atoms with van der Waals surface area (Å²) in [6.07, 6.45) is -1.92. The third-order valence-electron chi connectivity index (χ3n) is 4.62. The Morgan fingerprint density at radius 3 is 2.00 bits per heavy atom. The summed E-state index contributed by atoms with van der Waals surface area (Å²) in [7, 11) is 0. The molecule has 0 saturated carbocycles. The first-order chi connectivity index (χ1) is 13.7. The van der Waals surface area contributed by atoms with Crippen LogP contribution in [-0.2, 0) is 14.3 Å². The zero-order chi connectivity index (χ0) is 21.0. The zero-order valence-corrected chi connectivity index (χ0v) is 16.9. The summed E-state index contributed by atoms with van der Waals surface area (Å²) in [5.41, 5.74) is 0.958. The highest BCUT2D eigenvalue weighted by Gasteiger charge is 2.42. The molecular weight excluding hydrogens is 370 g/mol. The van der Waals surface area contributed by atoms with Crippen molar-refractivity contribution in [3.8, 4) is 0 Å². The van der Waals surface area contributed by atoms with Crippen LogP contribution in [0.25, 0.3) is 0 Å². The van der Waals surface area contributed by atoms with Crippen LogP contribution in [0.4, 0.5) is 4.79 Å². The zero-order valence-electron chi connectivity index (χ0n) is 16.9. The molecular formula is C23H27NO5. The van der Waals surface area contributed by atoms with E-state index >= 15 is 0 Å². The lowest BCUT2D eigenvalue weighted by molar-refractivity contribution is -0.152. The number of ether oxygens (including phenoxy) is 2. The van der Waals surface area contributed by atoms with Crippen LogP contribution in [-0.4, -0.2) is 46.4 Å². The fraction of sp³-hybridized carbons (Fsp3) is 0.391. The predicted octanol–water partition coefficient (Wildman–Crippen LogP) is 3.69. The summed E-state index contributed by atoms with van der Waals surface area (Å²) >= 11 is 0. The van der Waals surface area contributed by atoms with Gasteiger partial charge in [-0.2, -0.15) is 0 Å². The van der Waals surface area contributed by atoms with Gasteiger partial charge in [-0.05, 0) is 31.9 Å². The van der Waals surface area contributed by atoms with Crippen molar-refractivity contribution in [3.63, 3.8) is 0 Å². The topological polar surface area (TPSA) is 76.1 Å². The normalized spacial score (nSPS) is 19.3. The number of hydrogen-bond acceptors (Lipinski definition) is 5. The molecule has 1 aliphatic heterocycles. The first kappa shape index (κ1) is 20.9. The van der Waals surface area contributed by atoms with Gasteiger partial charge in [0.1, 0.15) is 11.6 Å². The van der Waals surface area contributed by atoms with E-state index in [0.29, 0.717) is 0 Å². The van der Waals surface area contributed by atoms with E-state index in [-0.39, 0.29) is 13.0 Å². The molecule has 0 radical (unpaired) electrons. The minimum absolute atomic E-state index is 0.0377. The molecule has 6 nitrogen and oxygen atoms in total. The van der Waals surface area contributed by atoms with Crippen molar-refractivity contribution in [2.24, 2.45) is 0 Å². The van der Waals surface area contributed by atoms with E-state index in [4.69, 9.17) is 9.47 Å². The number of hydrogen-bond donors (Lipinski definition) is 1. The van der Waals surface area contributed by atoms with Crippen LogP contribution in [0.15, 0.2) is 60.7 Å². The largest absolute Gasteiger partial charge is 0.451 e. The molecule has 0 bridgehead atoms. The lowest BCUT2D eigenvalue weighted by Crippen LogP contribution is -2.44.